The van der Waals surface area contributed by atoms with Crippen molar-refractivity contribution in [2.45, 2.75) is 20.4 Å². The van der Waals surface area contributed by atoms with E-state index in [1.54, 1.807) is 17.6 Å². The minimum Gasteiger partial charge on any atom is -0.449 e. The molecule has 3 rings (SSSR count). The van der Waals surface area contributed by atoms with Crippen molar-refractivity contribution < 1.29 is 4.42 Å². The normalized spacial score (nSPS) is 10.8. The first-order chi connectivity index (χ1) is 10.1. The summed E-state index contributed by atoms with van der Waals surface area (Å²) in [5.41, 5.74) is 3.03. The highest BCUT2D eigenvalue weighted by Crippen LogP contribution is 2.27. The molecule has 5 heteroatoms. The maximum atomic E-state index is 5.24. The van der Waals surface area contributed by atoms with E-state index in [1.807, 2.05) is 6.92 Å². The molecule has 0 bridgehead atoms. The summed E-state index contributed by atoms with van der Waals surface area (Å²) in [6.45, 7) is 4.80. The van der Waals surface area contributed by atoms with Crippen LogP contribution >= 0.6 is 27.3 Å². The minimum absolute atomic E-state index is 0.686. The van der Waals surface area contributed by atoms with Crippen LogP contribution in [-0.2, 0) is 6.54 Å². The van der Waals surface area contributed by atoms with Crippen molar-refractivity contribution in [2.75, 3.05) is 5.32 Å². The molecule has 0 aliphatic carbocycles. The average Bonchev–Trinajstić information content (AvgIpc) is 3.04. The summed E-state index contributed by atoms with van der Waals surface area (Å²) in [6.07, 6.45) is 1.68. The maximum absolute atomic E-state index is 5.24. The van der Waals surface area contributed by atoms with E-state index in [0.29, 0.717) is 5.89 Å². The van der Waals surface area contributed by atoms with Crippen LogP contribution in [0.2, 0.25) is 0 Å². The lowest BCUT2D eigenvalue weighted by Gasteiger charge is -2.05. The van der Waals surface area contributed by atoms with Crippen molar-refractivity contribution in [1.29, 1.82) is 0 Å². The molecule has 3 aromatic rings. The van der Waals surface area contributed by atoms with Crippen molar-refractivity contribution in [2.24, 2.45) is 0 Å². The van der Waals surface area contributed by atoms with E-state index in [4.69, 9.17) is 4.42 Å². The molecule has 0 spiro atoms. The fourth-order valence-electron chi connectivity index (χ4n) is 2.05. The van der Waals surface area contributed by atoms with Crippen LogP contribution in [0, 0.1) is 13.8 Å². The lowest BCUT2D eigenvalue weighted by Crippen LogP contribution is -1.96. The zero-order valence-corrected chi connectivity index (χ0v) is 14.2. The summed E-state index contributed by atoms with van der Waals surface area (Å²) in [4.78, 5) is 6.95. The Hall–Kier alpha value is -1.59. The third-order valence-electron chi connectivity index (χ3n) is 3.17. The number of halogens is 1. The summed E-state index contributed by atoms with van der Waals surface area (Å²) in [6, 6.07) is 10.4. The van der Waals surface area contributed by atoms with E-state index in [0.717, 1.165) is 23.5 Å². The Labute approximate surface area is 136 Å². The second kappa shape index (κ2) is 6.03. The fraction of sp³-hybridized carbons (Fsp3) is 0.188. The molecule has 0 radical (unpaired) electrons. The van der Waals surface area contributed by atoms with Crippen molar-refractivity contribution >= 4 is 33.0 Å². The Morgan fingerprint density at radius 3 is 2.57 bits per heavy atom. The van der Waals surface area contributed by atoms with Gasteiger partial charge in [0, 0.05) is 38.9 Å². The number of thiophene rings is 1. The first-order valence-electron chi connectivity index (χ1n) is 6.63. The van der Waals surface area contributed by atoms with Gasteiger partial charge in [-0.25, -0.2) is 4.98 Å². The van der Waals surface area contributed by atoms with Crippen molar-refractivity contribution in [1.82, 2.24) is 4.98 Å². The van der Waals surface area contributed by atoms with Crippen LogP contribution in [0.1, 0.15) is 15.6 Å². The molecule has 108 valence electrons. The molecule has 2 heterocycles. The number of nitrogens with zero attached hydrogens (tertiary/aromatic N) is 1. The van der Waals surface area contributed by atoms with Gasteiger partial charge in [-0.1, -0.05) is 12.1 Å². The Morgan fingerprint density at radius 1 is 1.24 bits per heavy atom. The van der Waals surface area contributed by atoms with Gasteiger partial charge >= 0.3 is 0 Å². The molecule has 0 unspecified atom stereocenters. The molecule has 21 heavy (non-hydrogen) atoms. The van der Waals surface area contributed by atoms with E-state index in [9.17, 15) is 0 Å². The number of hydrogen-bond donors (Lipinski definition) is 1. The molecule has 1 N–H and O–H groups in total. The second-order valence-electron chi connectivity index (χ2n) is 4.80. The molecule has 0 amide bonds. The van der Waals surface area contributed by atoms with Gasteiger partial charge in [0.1, 0.15) is 12.0 Å². The standard InChI is InChI=1S/C16H15BrN2OS/c1-10-15(17)7-14(21-10)8-18-13-5-3-12(4-6-13)16-9-20-11(2)19-16/h3-7,9,18H,8H2,1-2H3. The highest BCUT2D eigenvalue weighted by molar-refractivity contribution is 9.10. The lowest BCUT2D eigenvalue weighted by atomic mass is 10.1. The second-order valence-corrected chi connectivity index (χ2v) is 6.99. The molecule has 0 atom stereocenters. The van der Waals surface area contributed by atoms with Gasteiger partial charge in [0.2, 0.25) is 0 Å². The van der Waals surface area contributed by atoms with Crippen molar-refractivity contribution in [3.8, 4) is 11.3 Å². The molecule has 0 fully saturated rings. The molecule has 1 aromatic carbocycles. The monoisotopic (exact) mass is 362 g/mol. The first kappa shape index (κ1) is 14.4. The van der Waals surface area contributed by atoms with Gasteiger partial charge in [-0.05, 0) is 41.1 Å². The van der Waals surface area contributed by atoms with E-state index in [2.05, 4.69) is 63.5 Å². The van der Waals surface area contributed by atoms with E-state index in [-0.39, 0.29) is 0 Å². The summed E-state index contributed by atoms with van der Waals surface area (Å²) >= 11 is 5.35. The Kier molecular flexibility index (Phi) is 4.12. The Morgan fingerprint density at radius 2 is 2.00 bits per heavy atom. The number of benzene rings is 1. The van der Waals surface area contributed by atoms with Crippen LogP contribution in [0.3, 0.4) is 0 Å². The van der Waals surface area contributed by atoms with Gasteiger partial charge in [-0.15, -0.1) is 11.3 Å². The van der Waals surface area contributed by atoms with Gasteiger partial charge in [0.25, 0.3) is 0 Å². The smallest absolute Gasteiger partial charge is 0.191 e. The number of hydrogen-bond acceptors (Lipinski definition) is 4. The van der Waals surface area contributed by atoms with Crippen LogP contribution < -0.4 is 5.32 Å². The van der Waals surface area contributed by atoms with Crippen LogP contribution in [0.25, 0.3) is 11.3 Å². The molecular weight excluding hydrogens is 348 g/mol. The third-order valence-corrected chi connectivity index (χ3v) is 5.31. The zero-order chi connectivity index (χ0) is 14.8. The molecule has 0 saturated carbocycles. The first-order valence-corrected chi connectivity index (χ1v) is 8.24. The summed E-state index contributed by atoms with van der Waals surface area (Å²) in [7, 11) is 0. The fourth-order valence-corrected chi connectivity index (χ4v) is 3.59. The van der Waals surface area contributed by atoms with Gasteiger partial charge in [0.15, 0.2) is 5.89 Å². The van der Waals surface area contributed by atoms with Crippen molar-refractivity contribution in [3.05, 3.63) is 56.7 Å². The van der Waals surface area contributed by atoms with Crippen LogP contribution in [0.5, 0.6) is 0 Å². The number of aryl methyl sites for hydroxylation is 2. The SMILES string of the molecule is Cc1nc(-c2ccc(NCc3cc(Br)c(C)s3)cc2)co1. The van der Waals surface area contributed by atoms with Crippen LogP contribution in [0.4, 0.5) is 5.69 Å². The quantitative estimate of drug-likeness (QED) is 0.675. The molecule has 2 aromatic heterocycles. The Balaban J connectivity index is 1.67. The predicted molar refractivity (Wildman–Crippen MR) is 90.8 cm³/mol. The zero-order valence-electron chi connectivity index (χ0n) is 11.8. The number of aromatic nitrogens is 1. The van der Waals surface area contributed by atoms with Gasteiger partial charge in [-0.3, -0.25) is 0 Å². The van der Waals surface area contributed by atoms with Crippen molar-refractivity contribution in [3.63, 3.8) is 0 Å². The number of nitrogens with one attached hydrogen (secondary N) is 1. The molecule has 0 aliphatic heterocycles. The van der Waals surface area contributed by atoms with E-state index < -0.39 is 0 Å². The van der Waals surface area contributed by atoms with Gasteiger partial charge < -0.3 is 9.73 Å². The van der Waals surface area contributed by atoms with Gasteiger partial charge in [-0.2, -0.15) is 0 Å². The lowest BCUT2D eigenvalue weighted by molar-refractivity contribution is 0.521. The Bertz CT molecular complexity index is 726. The number of oxazole rings is 1. The number of anilines is 1. The average molecular weight is 363 g/mol. The topological polar surface area (TPSA) is 38.1 Å². The summed E-state index contributed by atoms with van der Waals surface area (Å²) in [5, 5.41) is 3.43. The molecule has 3 nitrogen and oxygen atoms in total. The van der Waals surface area contributed by atoms with Crippen LogP contribution in [-0.4, -0.2) is 4.98 Å². The van der Waals surface area contributed by atoms with Gasteiger partial charge in [0.05, 0.1) is 0 Å². The predicted octanol–water partition coefficient (Wildman–Crippen LogP) is 5.39. The number of rotatable bonds is 4. The third kappa shape index (κ3) is 3.36. The molecule has 0 aliphatic rings. The summed E-state index contributed by atoms with van der Waals surface area (Å²) < 4.78 is 6.42. The van der Waals surface area contributed by atoms with E-state index in [1.165, 1.54) is 14.2 Å². The molecule has 0 saturated heterocycles. The maximum Gasteiger partial charge on any atom is 0.191 e. The highest BCUT2D eigenvalue weighted by atomic mass is 79.9. The highest BCUT2D eigenvalue weighted by Gasteiger charge is 2.05. The largest absolute Gasteiger partial charge is 0.449 e. The molecular formula is C16H15BrN2OS. The summed E-state index contributed by atoms with van der Waals surface area (Å²) in [5.74, 6) is 0.686. The minimum atomic E-state index is 0.686. The van der Waals surface area contributed by atoms with E-state index >= 15 is 0 Å². The van der Waals surface area contributed by atoms with Crippen LogP contribution in [0.15, 0.2) is 45.5 Å².